The number of hydrogen-bond acceptors (Lipinski definition) is 3. The Hall–Kier alpha value is -2.32. The maximum atomic E-state index is 12.3. The van der Waals surface area contributed by atoms with Crippen molar-refractivity contribution < 1.29 is 9.59 Å². The summed E-state index contributed by atoms with van der Waals surface area (Å²) >= 11 is 0. The molecule has 0 aromatic heterocycles. The number of piperidine rings is 1. The lowest BCUT2D eigenvalue weighted by Gasteiger charge is -2.22. The van der Waals surface area contributed by atoms with Gasteiger partial charge in [-0.2, -0.15) is 0 Å². The van der Waals surface area contributed by atoms with Crippen LogP contribution in [-0.2, 0) is 4.79 Å². The van der Waals surface area contributed by atoms with Crippen LogP contribution in [0.1, 0.15) is 34.3 Å². The Morgan fingerprint density at radius 3 is 3.00 bits per heavy atom. The number of hydrogen-bond donors (Lipinski definition) is 3. The normalized spacial score (nSPS) is 17.4. The van der Waals surface area contributed by atoms with Gasteiger partial charge in [0, 0.05) is 17.7 Å². The Bertz CT molecular complexity index is 614. The van der Waals surface area contributed by atoms with Crippen molar-refractivity contribution in [2.45, 2.75) is 25.8 Å². The molecule has 21 heavy (non-hydrogen) atoms. The lowest BCUT2D eigenvalue weighted by Crippen LogP contribution is -2.50. The third-order valence-corrected chi connectivity index (χ3v) is 3.26. The molecule has 1 unspecified atom stereocenters. The van der Waals surface area contributed by atoms with Crippen molar-refractivity contribution in [1.29, 1.82) is 0 Å². The monoisotopic (exact) mass is 285 g/mol. The molecule has 0 aliphatic carbocycles. The van der Waals surface area contributed by atoms with Crippen LogP contribution in [0.2, 0.25) is 0 Å². The molecule has 4 N–H and O–H groups in total. The molecule has 2 amide bonds. The summed E-state index contributed by atoms with van der Waals surface area (Å²) in [4.78, 5) is 23.9. The SMILES string of the molecule is Cc1cc(C#CCN)cc(C(=O)NC2CCCNC2=O)c1. The van der Waals surface area contributed by atoms with E-state index in [4.69, 9.17) is 5.73 Å². The smallest absolute Gasteiger partial charge is 0.251 e. The van der Waals surface area contributed by atoms with Crippen LogP contribution in [0.4, 0.5) is 0 Å². The maximum Gasteiger partial charge on any atom is 0.251 e. The maximum absolute atomic E-state index is 12.3. The number of amides is 2. The quantitative estimate of drug-likeness (QED) is 0.684. The predicted molar refractivity (Wildman–Crippen MR) is 80.6 cm³/mol. The van der Waals surface area contributed by atoms with Gasteiger partial charge in [0.2, 0.25) is 5.91 Å². The van der Waals surface area contributed by atoms with Gasteiger partial charge in [-0.1, -0.05) is 11.8 Å². The second-order valence-corrected chi connectivity index (χ2v) is 5.05. The Labute approximate surface area is 124 Å². The molecule has 1 fully saturated rings. The van der Waals surface area contributed by atoms with Crippen LogP contribution in [0.15, 0.2) is 18.2 Å². The number of carbonyl (C=O) groups excluding carboxylic acids is 2. The summed E-state index contributed by atoms with van der Waals surface area (Å²) in [5, 5.41) is 5.52. The highest BCUT2D eigenvalue weighted by molar-refractivity contribution is 5.98. The molecular formula is C16H19N3O2. The third-order valence-electron chi connectivity index (χ3n) is 3.26. The van der Waals surface area contributed by atoms with Gasteiger partial charge in [-0.15, -0.1) is 0 Å². The second kappa shape index (κ2) is 6.91. The van der Waals surface area contributed by atoms with E-state index >= 15 is 0 Å². The molecule has 1 saturated heterocycles. The zero-order valence-electron chi connectivity index (χ0n) is 12.0. The summed E-state index contributed by atoms with van der Waals surface area (Å²) in [6.07, 6.45) is 1.54. The Morgan fingerprint density at radius 2 is 2.29 bits per heavy atom. The van der Waals surface area contributed by atoms with E-state index in [9.17, 15) is 9.59 Å². The molecule has 2 rings (SSSR count). The van der Waals surface area contributed by atoms with Crippen molar-refractivity contribution in [3.8, 4) is 11.8 Å². The molecule has 1 aliphatic heterocycles. The highest BCUT2D eigenvalue weighted by Gasteiger charge is 2.24. The average molecular weight is 285 g/mol. The van der Waals surface area contributed by atoms with Crippen molar-refractivity contribution in [2.24, 2.45) is 5.73 Å². The lowest BCUT2D eigenvalue weighted by atomic mass is 10.0. The standard InChI is InChI=1S/C16H19N3O2/c1-11-8-12(4-2-6-17)10-13(9-11)15(20)19-14-5-3-7-18-16(14)21/h8-10,14H,3,5-7,17H2,1H3,(H,18,21)(H,19,20). The zero-order chi connectivity index (χ0) is 15.2. The van der Waals surface area contributed by atoms with Crippen LogP contribution < -0.4 is 16.4 Å². The van der Waals surface area contributed by atoms with Gasteiger partial charge in [0.05, 0.1) is 6.54 Å². The summed E-state index contributed by atoms with van der Waals surface area (Å²) in [6, 6.07) is 4.94. The summed E-state index contributed by atoms with van der Waals surface area (Å²) in [5.41, 5.74) is 7.55. The van der Waals surface area contributed by atoms with Gasteiger partial charge in [-0.3, -0.25) is 9.59 Å². The number of nitrogens with two attached hydrogens (primary N) is 1. The van der Waals surface area contributed by atoms with E-state index in [1.165, 1.54) is 0 Å². The zero-order valence-corrected chi connectivity index (χ0v) is 12.0. The van der Waals surface area contributed by atoms with Crippen LogP contribution >= 0.6 is 0 Å². The number of aryl methyl sites for hydroxylation is 1. The molecule has 1 aliphatic rings. The van der Waals surface area contributed by atoms with E-state index in [-0.39, 0.29) is 18.4 Å². The summed E-state index contributed by atoms with van der Waals surface area (Å²) < 4.78 is 0. The molecule has 1 heterocycles. The van der Waals surface area contributed by atoms with Gasteiger partial charge in [0.15, 0.2) is 0 Å². The largest absolute Gasteiger partial charge is 0.354 e. The van der Waals surface area contributed by atoms with Crippen molar-refractivity contribution in [3.05, 3.63) is 34.9 Å². The topological polar surface area (TPSA) is 84.2 Å². The number of carbonyl (C=O) groups is 2. The lowest BCUT2D eigenvalue weighted by molar-refractivity contribution is -0.124. The molecule has 1 aromatic carbocycles. The molecule has 0 bridgehead atoms. The van der Waals surface area contributed by atoms with Crippen molar-refractivity contribution in [2.75, 3.05) is 13.1 Å². The van der Waals surface area contributed by atoms with Crippen LogP contribution in [-0.4, -0.2) is 30.9 Å². The van der Waals surface area contributed by atoms with E-state index in [2.05, 4.69) is 22.5 Å². The fourth-order valence-electron chi connectivity index (χ4n) is 2.29. The first-order valence-electron chi connectivity index (χ1n) is 6.99. The van der Waals surface area contributed by atoms with Crippen LogP contribution in [0, 0.1) is 18.8 Å². The highest BCUT2D eigenvalue weighted by atomic mass is 16.2. The molecule has 1 atom stereocenters. The summed E-state index contributed by atoms with van der Waals surface area (Å²) in [5.74, 6) is 5.31. The van der Waals surface area contributed by atoms with Crippen LogP contribution in [0.5, 0.6) is 0 Å². The van der Waals surface area contributed by atoms with Gasteiger partial charge >= 0.3 is 0 Å². The summed E-state index contributed by atoms with van der Waals surface area (Å²) in [6.45, 7) is 2.85. The van der Waals surface area contributed by atoms with Gasteiger partial charge < -0.3 is 16.4 Å². The van der Waals surface area contributed by atoms with Crippen LogP contribution in [0.25, 0.3) is 0 Å². The minimum atomic E-state index is -0.453. The molecular weight excluding hydrogens is 266 g/mol. The molecule has 0 radical (unpaired) electrons. The van der Waals surface area contributed by atoms with E-state index in [0.29, 0.717) is 18.5 Å². The fraction of sp³-hybridized carbons (Fsp3) is 0.375. The molecule has 0 spiro atoms. The number of benzene rings is 1. The molecule has 110 valence electrons. The first-order chi connectivity index (χ1) is 10.1. The Balaban J connectivity index is 2.14. The first kappa shape index (κ1) is 15.1. The van der Waals surface area contributed by atoms with Gasteiger partial charge in [0.1, 0.15) is 6.04 Å². The molecule has 1 aromatic rings. The second-order valence-electron chi connectivity index (χ2n) is 5.05. The Kier molecular flexibility index (Phi) is 4.96. The number of nitrogens with one attached hydrogen (secondary N) is 2. The minimum absolute atomic E-state index is 0.120. The van der Waals surface area contributed by atoms with Crippen molar-refractivity contribution in [1.82, 2.24) is 10.6 Å². The number of rotatable bonds is 2. The van der Waals surface area contributed by atoms with Gasteiger partial charge in [0.25, 0.3) is 5.91 Å². The van der Waals surface area contributed by atoms with Crippen molar-refractivity contribution >= 4 is 11.8 Å². The van der Waals surface area contributed by atoms with Gasteiger partial charge in [-0.25, -0.2) is 0 Å². The van der Waals surface area contributed by atoms with E-state index in [1.807, 2.05) is 13.0 Å². The summed E-state index contributed by atoms with van der Waals surface area (Å²) in [7, 11) is 0. The Morgan fingerprint density at radius 1 is 1.48 bits per heavy atom. The van der Waals surface area contributed by atoms with E-state index in [1.54, 1.807) is 12.1 Å². The highest BCUT2D eigenvalue weighted by Crippen LogP contribution is 2.11. The van der Waals surface area contributed by atoms with Gasteiger partial charge in [-0.05, 0) is 43.5 Å². The average Bonchev–Trinajstić information content (AvgIpc) is 2.47. The predicted octanol–water partition coefficient (Wildman–Crippen LogP) is 0.314. The van der Waals surface area contributed by atoms with Crippen molar-refractivity contribution in [3.63, 3.8) is 0 Å². The fourth-order valence-corrected chi connectivity index (χ4v) is 2.29. The molecule has 5 nitrogen and oxygen atoms in total. The first-order valence-corrected chi connectivity index (χ1v) is 6.99. The van der Waals surface area contributed by atoms with E-state index < -0.39 is 6.04 Å². The van der Waals surface area contributed by atoms with E-state index in [0.717, 1.165) is 17.5 Å². The molecule has 5 heteroatoms. The van der Waals surface area contributed by atoms with Crippen LogP contribution in [0.3, 0.4) is 0 Å². The third kappa shape index (κ3) is 4.07. The minimum Gasteiger partial charge on any atom is -0.354 e. The molecule has 0 saturated carbocycles.